The van der Waals surface area contributed by atoms with Gasteiger partial charge in [0, 0.05) is 16.5 Å². The number of carbonyl (C=O) groups is 1. The van der Waals surface area contributed by atoms with E-state index in [1.54, 1.807) is 13.8 Å². The molecule has 2 N–H and O–H groups in total. The summed E-state index contributed by atoms with van der Waals surface area (Å²) in [6.07, 6.45) is 5.03. The maximum Gasteiger partial charge on any atom is 0.407 e. The topological polar surface area (TPSA) is 84.6 Å². The summed E-state index contributed by atoms with van der Waals surface area (Å²) in [5.41, 5.74) is 2.98. The number of amides is 1. The Balaban J connectivity index is 1.30. The molecule has 3 aliphatic carbocycles. The highest BCUT2D eigenvalue weighted by Gasteiger charge is 2.52. The summed E-state index contributed by atoms with van der Waals surface area (Å²) >= 11 is 0. The molecule has 0 spiro atoms. The first-order chi connectivity index (χ1) is 15.7. The van der Waals surface area contributed by atoms with E-state index in [1.165, 1.54) is 0 Å². The predicted octanol–water partition coefficient (Wildman–Crippen LogP) is 3.58. The van der Waals surface area contributed by atoms with Gasteiger partial charge in [0.25, 0.3) is 0 Å². The smallest absolute Gasteiger partial charge is 0.407 e. The molecule has 1 heterocycles. The largest absolute Gasteiger partial charge is 0.445 e. The molecule has 3 fully saturated rings. The van der Waals surface area contributed by atoms with E-state index in [-0.39, 0.29) is 23.7 Å². The molecule has 7 heteroatoms. The Labute approximate surface area is 195 Å². The Bertz CT molecular complexity index is 1160. The van der Waals surface area contributed by atoms with Gasteiger partial charge in [-0.05, 0) is 64.0 Å². The van der Waals surface area contributed by atoms with Gasteiger partial charge < -0.3 is 19.6 Å². The van der Waals surface area contributed by atoms with Crippen molar-refractivity contribution in [2.45, 2.75) is 75.5 Å². The number of oxazole rings is 1. The van der Waals surface area contributed by atoms with Gasteiger partial charge in [0.1, 0.15) is 20.0 Å². The Morgan fingerprint density at radius 1 is 1.15 bits per heavy atom. The maximum atomic E-state index is 12.5. The lowest BCUT2D eigenvalue weighted by atomic mass is 9.57. The van der Waals surface area contributed by atoms with Crippen LogP contribution in [0.25, 0.3) is 11.1 Å². The molecule has 0 saturated heterocycles. The minimum Gasteiger partial charge on any atom is -0.445 e. The van der Waals surface area contributed by atoms with Crippen LogP contribution in [0, 0.1) is 0 Å². The first kappa shape index (κ1) is 22.0. The SMILES string of the molecule is Bc1cc(C(C)(C)O)c2oc(C34CCC(NC(=O)OCc5ccccc5)(CC3)CC4)nc2c1. The van der Waals surface area contributed by atoms with E-state index in [0.29, 0.717) is 5.58 Å². The second kappa shape index (κ2) is 7.91. The zero-order valence-electron chi connectivity index (χ0n) is 19.6. The summed E-state index contributed by atoms with van der Waals surface area (Å²) in [4.78, 5) is 17.4. The second-order valence-electron chi connectivity index (χ2n) is 10.5. The number of aromatic nitrogens is 1. The fourth-order valence-electron chi connectivity index (χ4n) is 5.52. The molecule has 3 aliphatic rings. The molecule has 6 rings (SSSR count). The first-order valence-corrected chi connectivity index (χ1v) is 11.8. The standard InChI is InChI=1S/C26H31BN2O4/c1-24(2,31)19-14-18(27)15-20-21(19)33-22(28-20)25-8-11-26(12-9-25,13-10-25)29-23(30)32-16-17-6-4-3-5-7-17/h3-7,14-15,31H,8-13,16,27H2,1-2H3,(H,29,30). The number of hydrogen-bond donors (Lipinski definition) is 2. The van der Waals surface area contributed by atoms with Crippen molar-refractivity contribution in [3.8, 4) is 0 Å². The lowest BCUT2D eigenvalue weighted by molar-refractivity contribution is 0.0515. The lowest BCUT2D eigenvalue weighted by Crippen LogP contribution is -2.57. The summed E-state index contributed by atoms with van der Waals surface area (Å²) in [7, 11) is 2.01. The van der Waals surface area contributed by atoms with Crippen molar-refractivity contribution >= 4 is 30.5 Å². The second-order valence-corrected chi connectivity index (χ2v) is 10.5. The molecular weight excluding hydrogens is 415 g/mol. The molecule has 6 nitrogen and oxygen atoms in total. The zero-order valence-corrected chi connectivity index (χ0v) is 19.6. The van der Waals surface area contributed by atoms with Crippen molar-refractivity contribution in [1.29, 1.82) is 0 Å². The van der Waals surface area contributed by atoms with Gasteiger partial charge >= 0.3 is 6.09 Å². The molecule has 3 aromatic rings. The van der Waals surface area contributed by atoms with E-state index in [4.69, 9.17) is 14.1 Å². The van der Waals surface area contributed by atoms with E-state index in [9.17, 15) is 9.90 Å². The number of hydrogen-bond acceptors (Lipinski definition) is 5. The van der Waals surface area contributed by atoms with Crippen molar-refractivity contribution < 1.29 is 19.1 Å². The molecule has 0 radical (unpaired) electrons. The van der Waals surface area contributed by atoms with Gasteiger partial charge in [-0.1, -0.05) is 41.9 Å². The number of alkyl carbamates (subject to hydrolysis) is 1. The predicted molar refractivity (Wildman–Crippen MR) is 129 cm³/mol. The number of aliphatic hydroxyl groups is 1. The van der Waals surface area contributed by atoms with E-state index >= 15 is 0 Å². The minimum atomic E-state index is -1.00. The molecule has 33 heavy (non-hydrogen) atoms. The summed E-state index contributed by atoms with van der Waals surface area (Å²) in [6, 6.07) is 13.7. The fraction of sp³-hybridized carbons (Fsp3) is 0.462. The van der Waals surface area contributed by atoms with Crippen LogP contribution in [0.1, 0.15) is 69.4 Å². The van der Waals surface area contributed by atoms with Gasteiger partial charge in [0.05, 0.1) is 5.60 Å². The number of fused-ring (bicyclic) bond motifs is 4. The van der Waals surface area contributed by atoms with Crippen molar-refractivity contribution in [1.82, 2.24) is 10.3 Å². The van der Waals surface area contributed by atoms with Crippen LogP contribution in [-0.4, -0.2) is 29.6 Å². The monoisotopic (exact) mass is 446 g/mol. The van der Waals surface area contributed by atoms with Crippen LogP contribution >= 0.6 is 0 Å². The van der Waals surface area contributed by atoms with Gasteiger partial charge in [0.15, 0.2) is 5.58 Å². The quantitative estimate of drug-likeness (QED) is 0.586. The van der Waals surface area contributed by atoms with Crippen LogP contribution in [0.15, 0.2) is 46.9 Å². The van der Waals surface area contributed by atoms with Crippen molar-refractivity contribution in [2.24, 2.45) is 0 Å². The molecule has 1 amide bonds. The zero-order chi connectivity index (χ0) is 23.3. The number of nitrogens with zero attached hydrogens (tertiary/aromatic N) is 1. The van der Waals surface area contributed by atoms with Crippen LogP contribution in [-0.2, 0) is 22.4 Å². The summed E-state index contributed by atoms with van der Waals surface area (Å²) in [5, 5.41) is 13.8. The normalized spacial score (nSPS) is 24.7. The fourth-order valence-corrected chi connectivity index (χ4v) is 5.52. The number of rotatable bonds is 5. The molecule has 0 aliphatic heterocycles. The van der Waals surface area contributed by atoms with Crippen molar-refractivity contribution in [3.05, 3.63) is 59.5 Å². The Morgan fingerprint density at radius 2 is 1.82 bits per heavy atom. The van der Waals surface area contributed by atoms with E-state index < -0.39 is 5.60 Å². The highest BCUT2D eigenvalue weighted by molar-refractivity contribution is 6.33. The molecular formula is C26H31BN2O4. The number of nitrogens with one attached hydrogen (secondary N) is 1. The highest BCUT2D eigenvalue weighted by atomic mass is 16.5. The molecule has 1 aromatic heterocycles. The molecule has 2 aromatic carbocycles. The Hall–Kier alpha value is -2.80. The van der Waals surface area contributed by atoms with Gasteiger partial charge in [-0.25, -0.2) is 9.78 Å². The van der Waals surface area contributed by atoms with Gasteiger partial charge in [-0.3, -0.25) is 0 Å². The number of carbonyl (C=O) groups excluding carboxylic acids is 1. The summed E-state index contributed by atoms with van der Waals surface area (Å²) in [6.45, 7) is 3.83. The molecule has 172 valence electrons. The summed E-state index contributed by atoms with van der Waals surface area (Å²) in [5.74, 6) is 0.772. The van der Waals surface area contributed by atoms with Gasteiger partial charge in [-0.15, -0.1) is 0 Å². The van der Waals surface area contributed by atoms with E-state index in [2.05, 4.69) is 5.32 Å². The van der Waals surface area contributed by atoms with Crippen LogP contribution < -0.4 is 10.8 Å². The van der Waals surface area contributed by atoms with Gasteiger partial charge in [0.2, 0.25) is 5.89 Å². The molecule has 0 unspecified atom stereocenters. The van der Waals surface area contributed by atoms with Crippen molar-refractivity contribution in [2.75, 3.05) is 0 Å². The Kier molecular flexibility index (Phi) is 5.28. The number of benzene rings is 2. The summed E-state index contributed by atoms with van der Waals surface area (Å²) < 4.78 is 11.8. The Morgan fingerprint density at radius 3 is 2.45 bits per heavy atom. The minimum absolute atomic E-state index is 0.110. The lowest BCUT2D eigenvalue weighted by Gasteiger charge is -2.51. The number of ether oxygens (including phenoxy) is 1. The molecule has 0 atom stereocenters. The average Bonchev–Trinajstić information content (AvgIpc) is 3.23. The van der Waals surface area contributed by atoms with E-state index in [0.717, 1.165) is 66.5 Å². The van der Waals surface area contributed by atoms with Gasteiger partial charge in [-0.2, -0.15) is 0 Å². The third-order valence-corrected chi connectivity index (χ3v) is 7.57. The van der Waals surface area contributed by atoms with Crippen LogP contribution in [0.4, 0.5) is 4.79 Å². The highest BCUT2D eigenvalue weighted by Crippen LogP contribution is 2.54. The maximum absolute atomic E-state index is 12.5. The third-order valence-electron chi connectivity index (χ3n) is 7.57. The average molecular weight is 446 g/mol. The first-order valence-electron chi connectivity index (χ1n) is 11.8. The molecule has 2 bridgehead atoms. The van der Waals surface area contributed by atoms with Crippen LogP contribution in [0.3, 0.4) is 0 Å². The third kappa shape index (κ3) is 4.15. The molecule has 3 saturated carbocycles. The van der Waals surface area contributed by atoms with Crippen LogP contribution in [0.2, 0.25) is 0 Å². The van der Waals surface area contributed by atoms with Crippen LogP contribution in [0.5, 0.6) is 0 Å². The van der Waals surface area contributed by atoms with Crippen molar-refractivity contribution in [3.63, 3.8) is 0 Å². The van der Waals surface area contributed by atoms with E-state index in [1.807, 2.05) is 50.3 Å².